The van der Waals surface area contributed by atoms with Crippen LogP contribution in [0.15, 0.2) is 0 Å². The summed E-state index contributed by atoms with van der Waals surface area (Å²) >= 11 is 0. The lowest BCUT2D eigenvalue weighted by atomic mass is 9.96. The molecule has 0 amide bonds. The summed E-state index contributed by atoms with van der Waals surface area (Å²) in [6, 6.07) is 0.683. The Morgan fingerprint density at radius 3 is 2.25 bits per heavy atom. The lowest BCUT2D eigenvalue weighted by Crippen LogP contribution is -2.54. The van der Waals surface area contributed by atoms with Gasteiger partial charge in [-0.3, -0.25) is 10.1 Å². The predicted octanol–water partition coefficient (Wildman–Crippen LogP) is 3.12. The molecule has 0 fully saturated rings. The second-order valence-electron chi connectivity index (χ2n) is 6.33. The average Bonchev–Trinajstić information content (AvgIpc) is 2.37. The van der Waals surface area contributed by atoms with Crippen molar-refractivity contribution >= 4 is 5.97 Å². The van der Waals surface area contributed by atoms with Gasteiger partial charge in [-0.05, 0) is 53.5 Å². The molecule has 0 aliphatic heterocycles. The van der Waals surface area contributed by atoms with Crippen molar-refractivity contribution < 1.29 is 9.90 Å². The van der Waals surface area contributed by atoms with E-state index in [1.54, 1.807) is 6.92 Å². The molecular weight excluding hydrogens is 252 g/mol. The molecule has 4 nitrogen and oxygen atoms in total. The van der Waals surface area contributed by atoms with Crippen LogP contribution >= 0.6 is 0 Å². The van der Waals surface area contributed by atoms with Gasteiger partial charge in [-0.1, -0.05) is 20.3 Å². The minimum Gasteiger partial charge on any atom is -0.480 e. The van der Waals surface area contributed by atoms with E-state index < -0.39 is 11.5 Å². The lowest BCUT2D eigenvalue weighted by Gasteiger charge is -2.34. The fraction of sp³-hybridized carbons (Fsp3) is 0.938. The van der Waals surface area contributed by atoms with E-state index in [9.17, 15) is 9.90 Å². The van der Waals surface area contributed by atoms with E-state index in [4.69, 9.17) is 0 Å². The molecule has 0 bridgehead atoms. The third-order valence-corrected chi connectivity index (χ3v) is 3.99. The van der Waals surface area contributed by atoms with Crippen LogP contribution in [0.3, 0.4) is 0 Å². The number of carbonyl (C=O) groups is 1. The second-order valence-corrected chi connectivity index (χ2v) is 6.33. The van der Waals surface area contributed by atoms with Crippen LogP contribution in [0.4, 0.5) is 0 Å². The average molecular weight is 286 g/mol. The molecule has 0 saturated heterocycles. The zero-order valence-electron chi connectivity index (χ0n) is 14.2. The summed E-state index contributed by atoms with van der Waals surface area (Å²) in [5.41, 5.74) is -0.841. The highest BCUT2D eigenvalue weighted by atomic mass is 16.4. The Bertz CT molecular complexity index is 282. The Morgan fingerprint density at radius 1 is 1.25 bits per heavy atom. The third-order valence-electron chi connectivity index (χ3n) is 3.99. The molecule has 0 aromatic heterocycles. The van der Waals surface area contributed by atoms with Gasteiger partial charge in [-0.2, -0.15) is 0 Å². The van der Waals surface area contributed by atoms with Gasteiger partial charge in [0.05, 0.1) is 0 Å². The number of unbranched alkanes of at least 4 members (excludes halogenated alkanes) is 1. The summed E-state index contributed by atoms with van der Waals surface area (Å²) in [7, 11) is 0. The van der Waals surface area contributed by atoms with Gasteiger partial charge in [-0.25, -0.2) is 0 Å². The van der Waals surface area contributed by atoms with E-state index in [2.05, 4.69) is 31.0 Å². The zero-order valence-corrected chi connectivity index (χ0v) is 14.2. The van der Waals surface area contributed by atoms with Gasteiger partial charge in [0.25, 0.3) is 0 Å². The van der Waals surface area contributed by atoms with Crippen molar-refractivity contribution in [2.75, 3.05) is 13.1 Å². The quantitative estimate of drug-likeness (QED) is 0.613. The maximum Gasteiger partial charge on any atom is 0.323 e. The minimum atomic E-state index is -0.841. The van der Waals surface area contributed by atoms with E-state index in [1.807, 2.05) is 13.8 Å². The first kappa shape index (κ1) is 19.4. The number of aliphatic carboxylic acids is 1. The summed E-state index contributed by atoms with van der Waals surface area (Å²) in [5, 5.41) is 12.7. The van der Waals surface area contributed by atoms with Gasteiger partial charge < -0.3 is 10.0 Å². The van der Waals surface area contributed by atoms with E-state index in [0.717, 1.165) is 19.5 Å². The molecule has 0 aromatic carbocycles. The van der Waals surface area contributed by atoms with E-state index in [0.29, 0.717) is 12.5 Å². The Kier molecular flexibility index (Phi) is 9.06. The van der Waals surface area contributed by atoms with Crippen molar-refractivity contribution in [3.63, 3.8) is 0 Å². The summed E-state index contributed by atoms with van der Waals surface area (Å²) < 4.78 is 0. The van der Waals surface area contributed by atoms with Gasteiger partial charge in [-0.15, -0.1) is 0 Å². The fourth-order valence-electron chi connectivity index (χ4n) is 2.42. The van der Waals surface area contributed by atoms with Crippen LogP contribution in [-0.4, -0.2) is 46.7 Å². The van der Waals surface area contributed by atoms with E-state index in [1.165, 1.54) is 12.8 Å². The molecule has 120 valence electrons. The SMILES string of the molecule is CCCCN(CCC(C)(NC(C)C)C(=O)O)C(C)CC. The standard InChI is InChI=1S/C16H34N2O2/c1-7-9-11-18(14(5)8-2)12-10-16(6,15(19)20)17-13(3)4/h13-14,17H,7-12H2,1-6H3,(H,19,20). The van der Waals surface area contributed by atoms with Crippen molar-refractivity contribution in [2.24, 2.45) is 0 Å². The van der Waals surface area contributed by atoms with Crippen molar-refractivity contribution in [1.29, 1.82) is 0 Å². The smallest absolute Gasteiger partial charge is 0.323 e. The molecular formula is C16H34N2O2. The first-order valence-corrected chi connectivity index (χ1v) is 8.02. The molecule has 2 N–H and O–H groups in total. The Labute approximate surface area is 124 Å². The summed E-state index contributed by atoms with van der Waals surface area (Å²) in [5.74, 6) is -0.759. The molecule has 4 heteroatoms. The summed E-state index contributed by atoms with van der Waals surface area (Å²) in [6.07, 6.45) is 4.08. The monoisotopic (exact) mass is 286 g/mol. The number of hydrogen-bond acceptors (Lipinski definition) is 3. The number of carboxylic acids is 1. The largest absolute Gasteiger partial charge is 0.480 e. The van der Waals surface area contributed by atoms with Crippen LogP contribution in [0.25, 0.3) is 0 Å². The maximum absolute atomic E-state index is 11.5. The predicted molar refractivity (Wildman–Crippen MR) is 85.2 cm³/mol. The highest BCUT2D eigenvalue weighted by Gasteiger charge is 2.33. The van der Waals surface area contributed by atoms with Crippen LogP contribution < -0.4 is 5.32 Å². The van der Waals surface area contributed by atoms with Gasteiger partial charge in [0.15, 0.2) is 0 Å². The molecule has 0 radical (unpaired) electrons. The molecule has 2 unspecified atom stereocenters. The molecule has 0 aliphatic carbocycles. The highest BCUT2D eigenvalue weighted by molar-refractivity contribution is 5.78. The number of carboxylic acid groups (broad SMARTS) is 1. The fourth-order valence-corrected chi connectivity index (χ4v) is 2.42. The van der Waals surface area contributed by atoms with Crippen LogP contribution in [0.2, 0.25) is 0 Å². The van der Waals surface area contributed by atoms with Crippen LogP contribution in [0.1, 0.15) is 67.2 Å². The zero-order chi connectivity index (χ0) is 15.8. The van der Waals surface area contributed by atoms with Gasteiger partial charge in [0.1, 0.15) is 5.54 Å². The van der Waals surface area contributed by atoms with Crippen molar-refractivity contribution in [3.8, 4) is 0 Å². The molecule has 0 aliphatic rings. The number of nitrogens with one attached hydrogen (secondary N) is 1. The number of nitrogens with zero attached hydrogens (tertiary/aromatic N) is 1. The topological polar surface area (TPSA) is 52.6 Å². The highest BCUT2D eigenvalue weighted by Crippen LogP contribution is 2.15. The Morgan fingerprint density at radius 2 is 1.85 bits per heavy atom. The second kappa shape index (κ2) is 9.35. The maximum atomic E-state index is 11.5. The molecule has 0 saturated carbocycles. The normalized spacial score (nSPS) is 16.4. The lowest BCUT2D eigenvalue weighted by molar-refractivity contribution is -0.145. The Hall–Kier alpha value is -0.610. The first-order chi connectivity index (χ1) is 9.26. The van der Waals surface area contributed by atoms with Crippen molar-refractivity contribution in [3.05, 3.63) is 0 Å². The molecule has 2 atom stereocenters. The van der Waals surface area contributed by atoms with E-state index in [-0.39, 0.29) is 6.04 Å². The Balaban J connectivity index is 4.65. The van der Waals surface area contributed by atoms with Crippen LogP contribution in [-0.2, 0) is 4.79 Å². The molecule has 20 heavy (non-hydrogen) atoms. The van der Waals surface area contributed by atoms with Crippen LogP contribution in [0, 0.1) is 0 Å². The van der Waals surface area contributed by atoms with Crippen molar-refractivity contribution in [2.45, 2.75) is 84.8 Å². The molecule has 0 rings (SSSR count). The molecule has 0 heterocycles. The third kappa shape index (κ3) is 6.71. The first-order valence-electron chi connectivity index (χ1n) is 8.02. The van der Waals surface area contributed by atoms with Crippen molar-refractivity contribution in [1.82, 2.24) is 10.2 Å². The van der Waals surface area contributed by atoms with Gasteiger partial charge in [0, 0.05) is 18.6 Å². The van der Waals surface area contributed by atoms with Gasteiger partial charge in [0.2, 0.25) is 0 Å². The minimum absolute atomic E-state index is 0.170. The number of rotatable bonds is 11. The van der Waals surface area contributed by atoms with Crippen LogP contribution in [0.5, 0.6) is 0 Å². The number of hydrogen-bond donors (Lipinski definition) is 2. The molecule has 0 aromatic rings. The summed E-state index contributed by atoms with van der Waals surface area (Å²) in [6.45, 7) is 14.3. The molecule has 0 spiro atoms. The van der Waals surface area contributed by atoms with Gasteiger partial charge >= 0.3 is 5.97 Å². The summed E-state index contributed by atoms with van der Waals surface area (Å²) in [4.78, 5) is 14.0. The van der Waals surface area contributed by atoms with E-state index >= 15 is 0 Å².